The van der Waals surface area contributed by atoms with Gasteiger partial charge >= 0.3 is 0 Å². The molecule has 0 aliphatic rings. The van der Waals surface area contributed by atoms with Crippen molar-refractivity contribution in [1.29, 1.82) is 0 Å². The van der Waals surface area contributed by atoms with E-state index < -0.39 is 0 Å². The molecule has 0 saturated heterocycles. The van der Waals surface area contributed by atoms with E-state index in [0.29, 0.717) is 0 Å². The van der Waals surface area contributed by atoms with Crippen molar-refractivity contribution in [2.75, 3.05) is 14.2 Å². The van der Waals surface area contributed by atoms with Crippen LogP contribution in [0.25, 0.3) is 0 Å². The van der Waals surface area contributed by atoms with Crippen LogP contribution in [0.5, 0.6) is 11.5 Å². The molecule has 0 bridgehead atoms. The average Bonchev–Trinajstić information content (AvgIpc) is 2.69. The van der Waals surface area contributed by atoms with Crippen molar-refractivity contribution in [2.24, 2.45) is 0 Å². The van der Waals surface area contributed by atoms with E-state index in [-0.39, 0.29) is 5.41 Å². The van der Waals surface area contributed by atoms with Gasteiger partial charge in [-0.25, -0.2) is 0 Å². The number of methoxy groups -OCH3 is 2. The summed E-state index contributed by atoms with van der Waals surface area (Å²) in [7, 11) is 3.39. The van der Waals surface area contributed by atoms with E-state index in [1.807, 2.05) is 12.1 Å². The van der Waals surface area contributed by atoms with Gasteiger partial charge in [0.05, 0.1) is 14.2 Å². The van der Waals surface area contributed by atoms with Gasteiger partial charge in [-0.2, -0.15) is 0 Å². The van der Waals surface area contributed by atoms with E-state index in [2.05, 4.69) is 75.4 Å². The lowest BCUT2D eigenvalue weighted by Gasteiger charge is -2.32. The fourth-order valence-corrected chi connectivity index (χ4v) is 3.59. The molecular weight excluding hydrogens is 332 g/mol. The number of hydrogen-bond donors (Lipinski definition) is 0. The topological polar surface area (TPSA) is 18.5 Å². The third kappa shape index (κ3) is 3.85. The molecule has 1 radical (unpaired) electrons. The van der Waals surface area contributed by atoms with Crippen LogP contribution in [0.2, 0.25) is 0 Å². The van der Waals surface area contributed by atoms with Crippen LogP contribution in [-0.4, -0.2) is 14.2 Å². The van der Waals surface area contributed by atoms with Crippen LogP contribution in [0.1, 0.15) is 34.7 Å². The van der Waals surface area contributed by atoms with E-state index >= 15 is 0 Å². The van der Waals surface area contributed by atoms with Gasteiger partial charge in [-0.15, -0.1) is 0 Å². The Kier molecular flexibility index (Phi) is 5.55. The van der Waals surface area contributed by atoms with Gasteiger partial charge in [-0.1, -0.05) is 66.6 Å². The van der Waals surface area contributed by atoms with Gasteiger partial charge in [0.2, 0.25) is 0 Å². The number of ether oxygens (including phenoxy) is 2. The summed E-state index contributed by atoms with van der Waals surface area (Å²) in [5.41, 5.74) is 5.90. The summed E-state index contributed by atoms with van der Waals surface area (Å²) >= 11 is 0. The van der Waals surface area contributed by atoms with Gasteiger partial charge in [0, 0.05) is 11.0 Å². The average molecular weight is 359 g/mol. The van der Waals surface area contributed by atoms with Crippen LogP contribution in [0.4, 0.5) is 0 Å². The minimum atomic E-state index is -0.219. The van der Waals surface area contributed by atoms with Crippen LogP contribution < -0.4 is 9.47 Å². The summed E-state index contributed by atoms with van der Waals surface area (Å²) in [4.78, 5) is 0. The molecule has 2 nitrogen and oxygen atoms in total. The van der Waals surface area contributed by atoms with Gasteiger partial charge in [0.25, 0.3) is 0 Å². The maximum atomic E-state index is 5.63. The lowest BCUT2D eigenvalue weighted by Crippen LogP contribution is -2.27. The standard InChI is InChI=1S/C25H27O2/c1-18-9-13-20(14-10-18)25(3,21-15-11-19(2)12-16-21)17-22-23(26-4)7-6-8-24(22)27-5/h7-16H,17H2,1-5H3. The summed E-state index contributed by atoms with van der Waals surface area (Å²) < 4.78 is 11.3. The molecule has 0 heterocycles. The maximum Gasteiger partial charge on any atom is 0.126 e. The number of rotatable bonds is 6. The Morgan fingerprint density at radius 3 is 1.52 bits per heavy atom. The third-order valence-corrected chi connectivity index (χ3v) is 5.37. The molecule has 0 aliphatic heterocycles. The van der Waals surface area contributed by atoms with Crippen LogP contribution in [0, 0.1) is 19.9 Å². The van der Waals surface area contributed by atoms with Crippen molar-refractivity contribution in [3.8, 4) is 11.5 Å². The predicted molar refractivity (Wildman–Crippen MR) is 111 cm³/mol. The van der Waals surface area contributed by atoms with Crippen LogP contribution >= 0.6 is 0 Å². The van der Waals surface area contributed by atoms with E-state index in [1.165, 1.54) is 22.3 Å². The molecule has 0 N–H and O–H groups in total. The highest BCUT2D eigenvalue weighted by Gasteiger charge is 2.31. The maximum absolute atomic E-state index is 5.63. The second-order valence-corrected chi connectivity index (χ2v) is 7.31. The van der Waals surface area contributed by atoms with Gasteiger partial charge in [-0.05, 0) is 49.6 Å². The van der Waals surface area contributed by atoms with Gasteiger partial charge in [0.15, 0.2) is 0 Å². The summed E-state index contributed by atoms with van der Waals surface area (Å²) in [5, 5.41) is 0. The summed E-state index contributed by atoms with van der Waals surface area (Å²) in [6.07, 6.45) is 0.764. The quantitative estimate of drug-likeness (QED) is 0.564. The number of benzene rings is 3. The van der Waals surface area contributed by atoms with Crippen molar-refractivity contribution in [1.82, 2.24) is 0 Å². The molecule has 0 saturated carbocycles. The Labute approximate surface area is 162 Å². The monoisotopic (exact) mass is 359 g/mol. The van der Waals surface area contributed by atoms with Crippen molar-refractivity contribution < 1.29 is 9.47 Å². The molecule has 3 aromatic rings. The highest BCUT2D eigenvalue weighted by atomic mass is 16.5. The molecule has 0 fully saturated rings. The molecule has 0 amide bonds. The highest BCUT2D eigenvalue weighted by Crippen LogP contribution is 2.40. The van der Waals surface area contributed by atoms with E-state index in [1.54, 1.807) is 14.2 Å². The molecule has 3 aromatic carbocycles. The number of hydrogen-bond acceptors (Lipinski definition) is 2. The molecule has 0 spiro atoms. The molecule has 27 heavy (non-hydrogen) atoms. The van der Waals surface area contributed by atoms with Gasteiger partial charge in [-0.3, -0.25) is 0 Å². The second kappa shape index (κ2) is 7.87. The zero-order valence-electron chi connectivity index (χ0n) is 16.8. The van der Waals surface area contributed by atoms with Crippen LogP contribution in [0.15, 0.2) is 60.7 Å². The largest absolute Gasteiger partial charge is 0.496 e. The molecule has 0 aliphatic carbocycles. The molecule has 139 valence electrons. The van der Waals surface area contributed by atoms with Crippen molar-refractivity contribution in [3.63, 3.8) is 0 Å². The lowest BCUT2D eigenvalue weighted by molar-refractivity contribution is 0.378. The minimum Gasteiger partial charge on any atom is -0.496 e. The zero-order valence-corrected chi connectivity index (χ0v) is 16.8. The predicted octanol–water partition coefficient (Wildman–Crippen LogP) is 5.67. The third-order valence-electron chi connectivity index (χ3n) is 5.37. The fraction of sp³-hybridized carbons (Fsp3) is 0.280. The van der Waals surface area contributed by atoms with Crippen LogP contribution in [0.3, 0.4) is 0 Å². The lowest BCUT2D eigenvalue weighted by atomic mass is 9.71. The summed E-state index contributed by atoms with van der Waals surface area (Å²) in [5.74, 6) is 1.61. The number of aryl methyl sites for hydroxylation is 2. The molecule has 0 unspecified atom stereocenters. The fourth-order valence-electron chi connectivity index (χ4n) is 3.59. The van der Waals surface area contributed by atoms with E-state index in [9.17, 15) is 0 Å². The Balaban J connectivity index is 2.17. The first-order chi connectivity index (χ1) is 13.0. The minimum absolute atomic E-state index is 0.219. The van der Waals surface area contributed by atoms with E-state index in [0.717, 1.165) is 23.5 Å². The molecule has 2 heteroatoms. The normalized spacial score (nSPS) is 11.3. The molecule has 3 rings (SSSR count). The first-order valence-electron chi connectivity index (χ1n) is 9.23. The highest BCUT2D eigenvalue weighted by molar-refractivity contribution is 5.50. The van der Waals surface area contributed by atoms with Crippen molar-refractivity contribution in [2.45, 2.75) is 32.6 Å². The second-order valence-electron chi connectivity index (χ2n) is 7.31. The Morgan fingerprint density at radius 1 is 0.741 bits per heavy atom. The first kappa shape index (κ1) is 19.0. The molecule has 0 atom stereocenters. The first-order valence-corrected chi connectivity index (χ1v) is 9.23. The summed E-state index contributed by atoms with van der Waals surface area (Å²) in [6.45, 7) is 6.52. The van der Waals surface area contributed by atoms with Crippen LogP contribution in [-0.2, 0) is 11.8 Å². The molecule has 0 aromatic heterocycles. The smallest absolute Gasteiger partial charge is 0.126 e. The zero-order chi connectivity index (χ0) is 19.4. The Hall–Kier alpha value is -2.74. The van der Waals surface area contributed by atoms with Crippen molar-refractivity contribution in [3.05, 3.63) is 94.5 Å². The van der Waals surface area contributed by atoms with Gasteiger partial charge < -0.3 is 9.47 Å². The SMILES string of the molecule is COc1c[c]cc(OC)c1CC(C)(c1ccc(C)cc1)c1ccc(C)cc1. The summed E-state index contributed by atoms with van der Waals surface area (Å²) in [6, 6.07) is 24.5. The Morgan fingerprint density at radius 2 is 1.15 bits per heavy atom. The van der Waals surface area contributed by atoms with Crippen molar-refractivity contribution >= 4 is 0 Å². The van der Waals surface area contributed by atoms with E-state index in [4.69, 9.17) is 9.47 Å². The van der Waals surface area contributed by atoms with Gasteiger partial charge in [0.1, 0.15) is 11.5 Å². The molecular formula is C25H27O2. The Bertz CT molecular complexity index is 825.